The molecule has 3 aromatic carbocycles. The topological polar surface area (TPSA) is 103 Å². The van der Waals surface area contributed by atoms with E-state index in [0.717, 1.165) is 35.1 Å². The van der Waals surface area contributed by atoms with Crippen molar-refractivity contribution in [2.24, 2.45) is 0 Å². The molecule has 0 unspecified atom stereocenters. The molecule has 2 aromatic heterocycles. The summed E-state index contributed by atoms with van der Waals surface area (Å²) in [6, 6.07) is 18.8. The molecule has 0 saturated heterocycles. The Bertz CT molecular complexity index is 1840. The lowest BCUT2D eigenvalue weighted by Crippen LogP contribution is -2.08. The van der Waals surface area contributed by atoms with Crippen LogP contribution in [0.2, 0.25) is 0 Å². The van der Waals surface area contributed by atoms with Gasteiger partial charge in [0.1, 0.15) is 23.2 Å². The molecule has 0 amide bonds. The van der Waals surface area contributed by atoms with Crippen molar-refractivity contribution in [1.29, 1.82) is 0 Å². The van der Waals surface area contributed by atoms with Crippen LogP contribution in [0.1, 0.15) is 11.1 Å². The Hall–Kier alpha value is -4.64. The molecule has 0 aliphatic rings. The average molecular weight is 563 g/mol. The Morgan fingerprint density at radius 1 is 0.950 bits per heavy atom. The van der Waals surface area contributed by atoms with Crippen LogP contribution in [0.5, 0.6) is 5.75 Å². The Labute approximate surface area is 229 Å². The van der Waals surface area contributed by atoms with Crippen LogP contribution in [0.15, 0.2) is 83.9 Å². The highest BCUT2D eigenvalue weighted by Crippen LogP contribution is 2.30. The van der Waals surface area contributed by atoms with E-state index in [0.29, 0.717) is 23.0 Å². The number of carbonyl (C=O) groups excluding carboxylic acids is 1. The first kappa shape index (κ1) is 26.9. The Morgan fingerprint density at radius 3 is 2.40 bits per heavy atom. The van der Waals surface area contributed by atoms with Gasteiger partial charge in [0.25, 0.3) is 0 Å². The number of anilines is 2. The lowest BCUT2D eigenvalue weighted by atomic mass is 10.00. The van der Waals surface area contributed by atoms with Gasteiger partial charge in [0.05, 0.1) is 17.7 Å². The molecule has 2 heterocycles. The molecule has 0 aliphatic heterocycles. The minimum absolute atomic E-state index is 0.110. The zero-order chi connectivity index (χ0) is 28.4. The highest BCUT2D eigenvalue weighted by atomic mass is 32.2. The van der Waals surface area contributed by atoms with E-state index in [1.807, 2.05) is 42.6 Å². The van der Waals surface area contributed by atoms with Crippen LogP contribution in [0.25, 0.3) is 16.8 Å². The van der Waals surface area contributed by atoms with Gasteiger partial charge in [0.2, 0.25) is 5.95 Å². The number of rotatable bonds is 9. The van der Waals surface area contributed by atoms with Crippen LogP contribution < -0.4 is 10.1 Å². The van der Waals surface area contributed by atoms with Gasteiger partial charge in [0.15, 0.2) is 15.5 Å². The van der Waals surface area contributed by atoms with Crippen LogP contribution in [-0.2, 0) is 27.5 Å². The lowest BCUT2D eigenvalue weighted by Gasteiger charge is -2.10. The Kier molecular flexibility index (Phi) is 7.31. The number of methoxy groups -OCH3 is 1. The SMILES string of the molecule is COc1cc(S(C)(=O)=O)ccc1Nc1nc2ccc(-c3ccc(CC(=O)Cc4ccc(F)cc4F)cc3)cn2n1. The molecule has 204 valence electrons. The molecule has 0 spiro atoms. The molecule has 40 heavy (non-hydrogen) atoms. The molecular weight excluding hydrogens is 538 g/mol. The number of pyridine rings is 1. The molecule has 5 rings (SSSR count). The third-order valence-electron chi connectivity index (χ3n) is 6.27. The van der Waals surface area contributed by atoms with E-state index in [1.54, 1.807) is 10.6 Å². The maximum absolute atomic E-state index is 13.9. The van der Waals surface area contributed by atoms with Gasteiger partial charge in [-0.1, -0.05) is 30.3 Å². The summed E-state index contributed by atoms with van der Waals surface area (Å²) in [7, 11) is -1.94. The summed E-state index contributed by atoms with van der Waals surface area (Å²) < 4.78 is 57.6. The second-order valence-electron chi connectivity index (χ2n) is 9.24. The number of nitrogens with one attached hydrogen (secondary N) is 1. The number of aromatic nitrogens is 3. The lowest BCUT2D eigenvalue weighted by molar-refractivity contribution is -0.117. The molecule has 0 saturated carbocycles. The predicted molar refractivity (Wildman–Crippen MR) is 147 cm³/mol. The highest BCUT2D eigenvalue weighted by molar-refractivity contribution is 7.90. The first-order chi connectivity index (χ1) is 19.1. The van der Waals surface area contributed by atoms with Gasteiger partial charge in [0, 0.05) is 43.0 Å². The predicted octanol–water partition coefficient (Wildman–Crippen LogP) is 5.18. The number of sulfone groups is 1. The van der Waals surface area contributed by atoms with E-state index in [9.17, 15) is 22.0 Å². The van der Waals surface area contributed by atoms with Gasteiger partial charge in [-0.15, -0.1) is 5.10 Å². The summed E-state index contributed by atoms with van der Waals surface area (Å²) in [5.41, 5.74) is 3.81. The van der Waals surface area contributed by atoms with Crippen molar-refractivity contribution in [3.05, 3.63) is 102 Å². The number of hydrogen-bond donors (Lipinski definition) is 1. The molecule has 0 aliphatic carbocycles. The maximum Gasteiger partial charge on any atom is 0.247 e. The minimum atomic E-state index is -3.39. The number of carbonyl (C=O) groups is 1. The van der Waals surface area contributed by atoms with Crippen LogP contribution in [0, 0.1) is 11.6 Å². The number of hydrogen-bond acceptors (Lipinski definition) is 7. The second-order valence-corrected chi connectivity index (χ2v) is 11.3. The number of halogens is 2. The van der Waals surface area contributed by atoms with Gasteiger partial charge >= 0.3 is 0 Å². The number of nitrogens with zero attached hydrogens (tertiary/aromatic N) is 3. The van der Waals surface area contributed by atoms with Crippen molar-refractivity contribution in [3.63, 3.8) is 0 Å². The normalized spacial score (nSPS) is 11.5. The third kappa shape index (κ3) is 5.99. The summed E-state index contributed by atoms with van der Waals surface area (Å²) >= 11 is 0. The van der Waals surface area contributed by atoms with Gasteiger partial charge in [-0.2, -0.15) is 4.98 Å². The summed E-state index contributed by atoms with van der Waals surface area (Å²) in [6.07, 6.45) is 2.96. The Balaban J connectivity index is 1.29. The van der Waals surface area contributed by atoms with Crippen molar-refractivity contribution in [2.45, 2.75) is 17.7 Å². The molecule has 0 radical (unpaired) electrons. The molecule has 11 heteroatoms. The molecule has 0 bridgehead atoms. The first-order valence-corrected chi connectivity index (χ1v) is 14.0. The number of Topliss-reactive ketones (excluding diaryl/α,β-unsaturated/α-hetero) is 1. The van der Waals surface area contributed by atoms with Crippen LogP contribution in [0.4, 0.5) is 20.4 Å². The van der Waals surface area contributed by atoms with Gasteiger partial charge in [-0.25, -0.2) is 21.7 Å². The van der Waals surface area contributed by atoms with E-state index in [4.69, 9.17) is 4.74 Å². The van der Waals surface area contributed by atoms with Gasteiger partial charge in [-0.05, 0) is 47.0 Å². The van der Waals surface area contributed by atoms with Crippen molar-refractivity contribution in [1.82, 2.24) is 14.6 Å². The zero-order valence-corrected chi connectivity index (χ0v) is 22.4. The molecule has 8 nitrogen and oxygen atoms in total. The fourth-order valence-electron chi connectivity index (χ4n) is 4.22. The van der Waals surface area contributed by atoms with Crippen LogP contribution in [0.3, 0.4) is 0 Å². The van der Waals surface area contributed by atoms with E-state index in [-0.39, 0.29) is 29.1 Å². The quantitative estimate of drug-likeness (QED) is 0.264. The van der Waals surface area contributed by atoms with E-state index >= 15 is 0 Å². The van der Waals surface area contributed by atoms with Crippen LogP contribution in [-0.4, -0.2) is 42.2 Å². The molecule has 0 atom stereocenters. The standard InChI is InChI=1S/C29H24F2N4O4S/c1-39-27-16-24(40(2,37)38)10-11-26(27)32-29-33-28-12-8-21(17-35(28)34-29)19-5-3-18(4-6-19)13-23(36)14-20-7-9-22(30)15-25(20)31/h3-12,15-17H,13-14H2,1-2H3,(H,32,34). The van der Waals surface area contributed by atoms with E-state index in [2.05, 4.69) is 15.4 Å². The summed E-state index contributed by atoms with van der Waals surface area (Å²) in [5.74, 6) is -0.945. The van der Waals surface area contributed by atoms with E-state index in [1.165, 1.54) is 25.3 Å². The van der Waals surface area contributed by atoms with Crippen molar-refractivity contribution in [2.75, 3.05) is 18.7 Å². The van der Waals surface area contributed by atoms with Crippen molar-refractivity contribution in [3.8, 4) is 16.9 Å². The molecular formula is C29H24F2N4O4S. The molecule has 5 aromatic rings. The minimum Gasteiger partial charge on any atom is -0.495 e. The molecule has 0 fully saturated rings. The average Bonchev–Trinajstić information content (AvgIpc) is 3.32. The smallest absolute Gasteiger partial charge is 0.247 e. The number of fused-ring (bicyclic) bond motifs is 1. The van der Waals surface area contributed by atoms with Crippen LogP contribution >= 0.6 is 0 Å². The summed E-state index contributed by atoms with van der Waals surface area (Å²) in [6.45, 7) is 0. The number of benzene rings is 3. The fraction of sp³-hybridized carbons (Fsp3) is 0.138. The highest BCUT2D eigenvalue weighted by Gasteiger charge is 2.14. The first-order valence-electron chi connectivity index (χ1n) is 12.2. The Morgan fingerprint density at radius 2 is 1.70 bits per heavy atom. The molecule has 1 N–H and O–H groups in total. The monoisotopic (exact) mass is 562 g/mol. The maximum atomic E-state index is 13.9. The largest absolute Gasteiger partial charge is 0.495 e. The summed E-state index contributed by atoms with van der Waals surface area (Å²) in [4.78, 5) is 17.0. The second kappa shape index (κ2) is 10.9. The third-order valence-corrected chi connectivity index (χ3v) is 7.38. The van der Waals surface area contributed by atoms with Gasteiger partial charge in [-0.3, -0.25) is 4.79 Å². The fourth-order valence-corrected chi connectivity index (χ4v) is 4.85. The van der Waals surface area contributed by atoms with E-state index < -0.39 is 21.5 Å². The van der Waals surface area contributed by atoms with Gasteiger partial charge < -0.3 is 10.1 Å². The number of ether oxygens (including phenoxy) is 1. The summed E-state index contributed by atoms with van der Waals surface area (Å²) in [5, 5.41) is 7.54. The zero-order valence-electron chi connectivity index (χ0n) is 21.6. The number of ketones is 1. The van der Waals surface area contributed by atoms with Crippen molar-refractivity contribution < 1.29 is 26.7 Å². The van der Waals surface area contributed by atoms with Crippen molar-refractivity contribution >= 4 is 32.9 Å².